The summed E-state index contributed by atoms with van der Waals surface area (Å²) in [6.45, 7) is -3.26. The zero-order valence-electron chi connectivity index (χ0n) is 18.8. The van der Waals surface area contributed by atoms with Crippen LogP contribution in [-0.2, 0) is 22.6 Å². The Bertz CT molecular complexity index is 1110. The van der Waals surface area contributed by atoms with Crippen molar-refractivity contribution >= 4 is 5.97 Å². The van der Waals surface area contributed by atoms with Crippen LogP contribution >= 0.6 is 0 Å². The Balaban J connectivity index is 1.65. The summed E-state index contributed by atoms with van der Waals surface area (Å²) in [7, 11) is 5.74. The molecular formula is C22H22F2N2O8. The third-order valence-electron chi connectivity index (χ3n) is 4.54. The molecule has 0 saturated heterocycles. The van der Waals surface area contributed by atoms with E-state index < -0.39 is 12.6 Å². The summed E-state index contributed by atoms with van der Waals surface area (Å²) in [5.41, 5.74) is 1.01. The Morgan fingerprint density at radius 2 is 1.62 bits per heavy atom. The molecule has 0 aliphatic heterocycles. The largest absolute Gasteiger partial charge is 0.493 e. The first-order chi connectivity index (χ1) is 16.4. The zero-order chi connectivity index (χ0) is 24.7. The van der Waals surface area contributed by atoms with Gasteiger partial charge in [-0.05, 0) is 35.9 Å². The van der Waals surface area contributed by atoms with Crippen molar-refractivity contribution in [3.8, 4) is 40.1 Å². The van der Waals surface area contributed by atoms with Crippen molar-refractivity contribution < 1.29 is 46.5 Å². The fraction of sp³-hybridized carbons (Fsp3) is 0.318. The quantitative estimate of drug-likeness (QED) is 0.377. The molecule has 1 heterocycles. The topological polar surface area (TPSA) is 111 Å². The second-order valence-corrected chi connectivity index (χ2v) is 6.63. The lowest BCUT2D eigenvalue weighted by molar-refractivity contribution is -0.144. The molecule has 0 radical (unpaired) electrons. The SMILES string of the molecule is COc1cc(-c2noc(COC(=O)Cc3cc(OC)c(OC)c(OC)c3)n2)ccc1OC(F)F. The first-order valence-corrected chi connectivity index (χ1v) is 9.78. The lowest BCUT2D eigenvalue weighted by Gasteiger charge is -2.13. The summed E-state index contributed by atoms with van der Waals surface area (Å²) in [4.78, 5) is 16.5. The van der Waals surface area contributed by atoms with Gasteiger partial charge in [-0.3, -0.25) is 4.79 Å². The van der Waals surface area contributed by atoms with Crippen molar-refractivity contribution in [2.45, 2.75) is 19.6 Å². The highest BCUT2D eigenvalue weighted by Crippen LogP contribution is 2.38. The van der Waals surface area contributed by atoms with Crippen LogP contribution < -0.4 is 23.7 Å². The monoisotopic (exact) mass is 480 g/mol. The van der Waals surface area contributed by atoms with E-state index in [1.54, 1.807) is 12.1 Å². The van der Waals surface area contributed by atoms with Crippen molar-refractivity contribution in [2.75, 3.05) is 28.4 Å². The predicted octanol–water partition coefficient (Wildman–Crippen LogP) is 3.66. The number of alkyl halides is 2. The number of rotatable bonds is 11. The van der Waals surface area contributed by atoms with E-state index in [9.17, 15) is 13.6 Å². The molecule has 12 heteroatoms. The van der Waals surface area contributed by atoms with Crippen LogP contribution in [0.1, 0.15) is 11.5 Å². The summed E-state index contributed by atoms with van der Waals surface area (Å²) in [6, 6.07) is 7.46. The van der Waals surface area contributed by atoms with Gasteiger partial charge in [0.2, 0.25) is 11.6 Å². The molecule has 0 aliphatic rings. The van der Waals surface area contributed by atoms with Gasteiger partial charge in [-0.25, -0.2) is 0 Å². The second kappa shape index (κ2) is 11.2. The van der Waals surface area contributed by atoms with Crippen LogP contribution in [-0.4, -0.2) is 51.2 Å². The average Bonchev–Trinajstić information content (AvgIpc) is 3.31. The molecule has 3 rings (SSSR count). The van der Waals surface area contributed by atoms with Crippen LogP contribution in [0.15, 0.2) is 34.9 Å². The number of halogens is 2. The van der Waals surface area contributed by atoms with Gasteiger partial charge in [0.1, 0.15) is 0 Å². The van der Waals surface area contributed by atoms with Crippen LogP contribution in [0, 0.1) is 0 Å². The third kappa shape index (κ3) is 5.82. The van der Waals surface area contributed by atoms with Gasteiger partial charge in [0, 0.05) is 5.56 Å². The summed E-state index contributed by atoms with van der Waals surface area (Å²) in [5, 5.41) is 3.81. The molecule has 34 heavy (non-hydrogen) atoms. The average molecular weight is 480 g/mol. The standard InChI is InChI=1S/C22H22F2N2O8/c1-28-15-10-13(5-6-14(15)33-22(23)24)21-25-18(34-26-21)11-32-19(27)9-12-7-16(29-2)20(31-4)17(8-12)30-3/h5-8,10,22H,9,11H2,1-4H3. The number of nitrogens with zero attached hydrogens (tertiary/aromatic N) is 2. The molecule has 3 aromatic rings. The maximum atomic E-state index is 12.5. The van der Waals surface area contributed by atoms with E-state index in [0.717, 1.165) is 0 Å². The smallest absolute Gasteiger partial charge is 0.387 e. The van der Waals surface area contributed by atoms with Crippen LogP contribution in [0.3, 0.4) is 0 Å². The van der Waals surface area contributed by atoms with E-state index in [1.165, 1.54) is 46.6 Å². The van der Waals surface area contributed by atoms with E-state index in [0.29, 0.717) is 28.4 Å². The molecule has 0 aliphatic carbocycles. The molecule has 0 amide bonds. The Kier molecular flexibility index (Phi) is 8.06. The lowest BCUT2D eigenvalue weighted by atomic mass is 10.1. The molecule has 0 unspecified atom stereocenters. The van der Waals surface area contributed by atoms with E-state index in [4.69, 9.17) is 28.2 Å². The molecular weight excluding hydrogens is 458 g/mol. The normalized spacial score (nSPS) is 10.7. The number of esters is 1. The van der Waals surface area contributed by atoms with Crippen molar-refractivity contribution in [3.63, 3.8) is 0 Å². The molecule has 0 saturated carbocycles. The van der Waals surface area contributed by atoms with Gasteiger partial charge < -0.3 is 32.9 Å². The minimum atomic E-state index is -2.99. The number of aromatic nitrogens is 2. The summed E-state index contributed by atoms with van der Waals surface area (Å²) in [5.74, 6) is 0.803. The maximum Gasteiger partial charge on any atom is 0.387 e. The highest BCUT2D eigenvalue weighted by Gasteiger charge is 2.18. The summed E-state index contributed by atoms with van der Waals surface area (Å²) in [6.07, 6.45) is -0.0689. The molecule has 0 N–H and O–H groups in total. The number of benzene rings is 2. The first kappa shape index (κ1) is 24.6. The van der Waals surface area contributed by atoms with Crippen molar-refractivity contribution in [1.29, 1.82) is 0 Å². The van der Waals surface area contributed by atoms with E-state index in [1.807, 2.05) is 0 Å². The molecule has 0 bridgehead atoms. The Morgan fingerprint density at radius 3 is 2.21 bits per heavy atom. The molecule has 1 aromatic heterocycles. The zero-order valence-corrected chi connectivity index (χ0v) is 18.8. The number of carbonyl (C=O) groups excluding carboxylic acids is 1. The van der Waals surface area contributed by atoms with Crippen LogP contribution in [0.5, 0.6) is 28.7 Å². The molecule has 10 nitrogen and oxygen atoms in total. The molecule has 2 aromatic carbocycles. The summed E-state index contributed by atoms with van der Waals surface area (Å²) < 4.78 is 60.5. The molecule has 0 spiro atoms. The Labute approximate surface area is 193 Å². The highest BCUT2D eigenvalue weighted by molar-refractivity contribution is 5.73. The molecule has 0 atom stereocenters. The Morgan fingerprint density at radius 1 is 0.941 bits per heavy atom. The minimum Gasteiger partial charge on any atom is -0.493 e. The predicted molar refractivity (Wildman–Crippen MR) is 113 cm³/mol. The first-order valence-electron chi connectivity index (χ1n) is 9.78. The minimum absolute atomic E-state index is 0.0418. The highest BCUT2D eigenvalue weighted by atomic mass is 19.3. The van der Waals surface area contributed by atoms with Gasteiger partial charge in [-0.15, -0.1) is 0 Å². The van der Waals surface area contributed by atoms with Crippen LogP contribution in [0.25, 0.3) is 11.4 Å². The van der Waals surface area contributed by atoms with E-state index in [2.05, 4.69) is 14.9 Å². The molecule has 0 fully saturated rings. The maximum absolute atomic E-state index is 12.5. The number of carbonyl (C=O) groups is 1. The van der Waals surface area contributed by atoms with Crippen molar-refractivity contribution in [3.05, 3.63) is 41.8 Å². The number of methoxy groups -OCH3 is 4. The van der Waals surface area contributed by atoms with E-state index in [-0.39, 0.29) is 36.2 Å². The Hall–Kier alpha value is -4.09. The second-order valence-electron chi connectivity index (χ2n) is 6.63. The summed E-state index contributed by atoms with van der Waals surface area (Å²) >= 11 is 0. The number of hydrogen-bond acceptors (Lipinski definition) is 10. The van der Waals surface area contributed by atoms with Crippen LogP contribution in [0.2, 0.25) is 0 Å². The van der Waals surface area contributed by atoms with E-state index >= 15 is 0 Å². The number of hydrogen-bond donors (Lipinski definition) is 0. The van der Waals surface area contributed by atoms with Gasteiger partial charge in [0.15, 0.2) is 29.6 Å². The van der Waals surface area contributed by atoms with Crippen molar-refractivity contribution in [1.82, 2.24) is 10.1 Å². The number of ether oxygens (including phenoxy) is 6. The van der Waals surface area contributed by atoms with Gasteiger partial charge >= 0.3 is 12.6 Å². The lowest BCUT2D eigenvalue weighted by Crippen LogP contribution is -2.09. The fourth-order valence-electron chi connectivity index (χ4n) is 3.03. The van der Waals surface area contributed by atoms with Gasteiger partial charge in [-0.2, -0.15) is 13.8 Å². The van der Waals surface area contributed by atoms with Gasteiger partial charge in [0.25, 0.3) is 5.89 Å². The van der Waals surface area contributed by atoms with Gasteiger partial charge in [-0.1, -0.05) is 5.16 Å². The molecule has 182 valence electrons. The van der Waals surface area contributed by atoms with Crippen molar-refractivity contribution in [2.24, 2.45) is 0 Å². The fourth-order valence-corrected chi connectivity index (χ4v) is 3.03. The van der Waals surface area contributed by atoms with Gasteiger partial charge in [0.05, 0.1) is 34.9 Å². The van der Waals surface area contributed by atoms with Crippen LogP contribution in [0.4, 0.5) is 8.78 Å². The third-order valence-corrected chi connectivity index (χ3v) is 4.54.